The van der Waals surface area contributed by atoms with Gasteiger partial charge in [-0.15, -0.1) is 0 Å². The monoisotopic (exact) mass is 194 g/mol. The van der Waals surface area contributed by atoms with Crippen molar-refractivity contribution in [3.63, 3.8) is 0 Å². The third-order valence-corrected chi connectivity index (χ3v) is 2.00. The van der Waals surface area contributed by atoms with Gasteiger partial charge in [-0.25, -0.2) is 4.79 Å². The fourth-order valence-electron chi connectivity index (χ4n) is 1.47. The van der Waals surface area contributed by atoms with Crippen molar-refractivity contribution in [1.82, 2.24) is 0 Å². The molecule has 0 amide bonds. The summed E-state index contributed by atoms with van der Waals surface area (Å²) in [5.74, 6) is -1.19. The predicted octanol–water partition coefficient (Wildman–Crippen LogP) is -0.465. The minimum absolute atomic E-state index is 0.0605. The second kappa shape index (κ2) is 3.10. The summed E-state index contributed by atoms with van der Waals surface area (Å²) in [6.45, 7) is 0.399. The molecule has 0 bridgehead atoms. The second-order valence-corrected chi connectivity index (χ2v) is 3.05. The van der Waals surface area contributed by atoms with E-state index in [-0.39, 0.29) is 12.3 Å². The Balaban J connectivity index is 2.42. The first kappa shape index (κ1) is 8.68. The fraction of sp³-hybridized carbons (Fsp3) is 0.222. The molecule has 2 heterocycles. The number of hydrogen-bond donors (Lipinski definition) is 1. The lowest BCUT2D eigenvalue weighted by Crippen LogP contribution is -2.27. The van der Waals surface area contributed by atoms with Crippen LogP contribution < -0.4 is 0 Å². The van der Waals surface area contributed by atoms with Crippen LogP contribution in [0.3, 0.4) is 0 Å². The molecule has 0 aromatic heterocycles. The summed E-state index contributed by atoms with van der Waals surface area (Å²) in [7, 11) is 0. The SMILES string of the molecule is O=C(O)/C=[N+]1\CC(=O)C=C2COC=C21. The molecule has 2 rings (SSSR count). The molecular formula is C9H8NO4+. The molecule has 2 aliphatic rings. The summed E-state index contributed by atoms with van der Waals surface area (Å²) in [6.07, 6.45) is 3.94. The molecule has 0 unspecified atom stereocenters. The molecule has 1 N–H and O–H groups in total. The Labute approximate surface area is 79.6 Å². The van der Waals surface area contributed by atoms with E-state index in [9.17, 15) is 9.59 Å². The van der Waals surface area contributed by atoms with E-state index in [1.165, 1.54) is 16.9 Å². The van der Waals surface area contributed by atoms with Crippen LogP contribution in [0.2, 0.25) is 0 Å². The van der Waals surface area contributed by atoms with Gasteiger partial charge in [0.05, 0.1) is 5.57 Å². The van der Waals surface area contributed by atoms with Crippen LogP contribution in [0.15, 0.2) is 23.6 Å². The summed E-state index contributed by atoms with van der Waals surface area (Å²) in [5, 5.41) is 8.58. The lowest BCUT2D eigenvalue weighted by molar-refractivity contribution is -0.457. The van der Waals surface area contributed by atoms with Crippen molar-refractivity contribution in [2.45, 2.75) is 0 Å². The zero-order chi connectivity index (χ0) is 10.1. The quantitative estimate of drug-likeness (QED) is 0.573. The van der Waals surface area contributed by atoms with Gasteiger partial charge in [0.1, 0.15) is 6.61 Å². The summed E-state index contributed by atoms with van der Waals surface area (Å²) in [4.78, 5) is 21.7. The van der Waals surface area contributed by atoms with Crippen molar-refractivity contribution in [2.24, 2.45) is 0 Å². The Morgan fingerprint density at radius 3 is 3.14 bits per heavy atom. The van der Waals surface area contributed by atoms with E-state index in [1.54, 1.807) is 0 Å². The highest BCUT2D eigenvalue weighted by molar-refractivity contribution is 6.20. The van der Waals surface area contributed by atoms with Gasteiger partial charge in [0.15, 0.2) is 6.26 Å². The van der Waals surface area contributed by atoms with E-state index in [2.05, 4.69) is 0 Å². The molecular weight excluding hydrogens is 186 g/mol. The number of aliphatic carboxylic acids is 1. The van der Waals surface area contributed by atoms with E-state index in [0.29, 0.717) is 12.3 Å². The van der Waals surface area contributed by atoms with Crippen molar-refractivity contribution in [1.29, 1.82) is 0 Å². The van der Waals surface area contributed by atoms with Gasteiger partial charge in [-0.1, -0.05) is 0 Å². The van der Waals surface area contributed by atoms with Gasteiger partial charge in [0.25, 0.3) is 6.21 Å². The Morgan fingerprint density at radius 1 is 1.64 bits per heavy atom. The molecule has 0 aliphatic carbocycles. The summed E-state index contributed by atoms with van der Waals surface area (Å²) >= 11 is 0. The number of carboxylic acid groups (broad SMARTS) is 1. The Hall–Kier alpha value is -1.91. The van der Waals surface area contributed by atoms with Crippen molar-refractivity contribution >= 4 is 18.0 Å². The number of nitrogens with zero attached hydrogens (tertiary/aromatic N) is 1. The number of hydrogen-bond acceptors (Lipinski definition) is 3. The molecule has 5 nitrogen and oxygen atoms in total. The van der Waals surface area contributed by atoms with Crippen LogP contribution in [-0.2, 0) is 14.3 Å². The molecule has 0 fully saturated rings. The van der Waals surface area contributed by atoms with E-state index < -0.39 is 5.97 Å². The third-order valence-electron chi connectivity index (χ3n) is 2.00. The molecule has 0 atom stereocenters. The minimum atomic E-state index is -1.08. The standard InChI is InChI=1S/C9H7NO4/c11-7-1-6-4-14-5-8(6)10(2-7)3-9(12)13/h1,3,5H,2,4H2/p+1/b10-3+. The Bertz CT molecular complexity index is 403. The highest BCUT2D eigenvalue weighted by Gasteiger charge is 2.31. The number of ketones is 1. The van der Waals surface area contributed by atoms with Crippen LogP contribution in [0.4, 0.5) is 0 Å². The third kappa shape index (κ3) is 1.44. The summed E-state index contributed by atoms with van der Waals surface area (Å²) in [5.41, 5.74) is 1.39. The molecule has 0 saturated carbocycles. The van der Waals surface area contributed by atoms with Gasteiger partial charge < -0.3 is 9.84 Å². The van der Waals surface area contributed by atoms with Gasteiger partial charge in [-0.05, 0) is 0 Å². The summed E-state index contributed by atoms with van der Waals surface area (Å²) < 4.78 is 6.40. The van der Waals surface area contributed by atoms with Crippen LogP contribution in [0.1, 0.15) is 0 Å². The van der Waals surface area contributed by atoms with Gasteiger partial charge in [-0.2, -0.15) is 4.58 Å². The van der Waals surface area contributed by atoms with Gasteiger partial charge in [-0.3, -0.25) is 4.79 Å². The average Bonchev–Trinajstić information content (AvgIpc) is 2.50. The Morgan fingerprint density at radius 2 is 2.43 bits per heavy atom. The zero-order valence-corrected chi connectivity index (χ0v) is 7.27. The first-order chi connectivity index (χ1) is 6.66. The minimum Gasteiger partial charge on any atom is -0.489 e. The Kier molecular flexibility index (Phi) is 1.92. The van der Waals surface area contributed by atoms with Crippen molar-refractivity contribution in [3.8, 4) is 0 Å². The maximum Gasteiger partial charge on any atom is 0.393 e. The maximum atomic E-state index is 11.2. The molecule has 5 heteroatoms. The topological polar surface area (TPSA) is 66.6 Å². The summed E-state index contributed by atoms with van der Waals surface area (Å²) in [6, 6.07) is 0. The molecule has 2 aliphatic heterocycles. The lowest BCUT2D eigenvalue weighted by atomic mass is 10.1. The molecule has 0 aromatic carbocycles. The van der Waals surface area contributed by atoms with Gasteiger partial charge in [0, 0.05) is 6.08 Å². The van der Waals surface area contributed by atoms with Gasteiger partial charge >= 0.3 is 5.97 Å². The number of carbonyl (C=O) groups excluding carboxylic acids is 1. The molecule has 0 saturated heterocycles. The van der Waals surface area contributed by atoms with E-state index in [4.69, 9.17) is 9.84 Å². The molecule has 72 valence electrons. The maximum absolute atomic E-state index is 11.2. The highest BCUT2D eigenvalue weighted by atomic mass is 16.5. The van der Waals surface area contributed by atoms with Crippen LogP contribution in [0.25, 0.3) is 0 Å². The first-order valence-corrected chi connectivity index (χ1v) is 4.07. The lowest BCUT2D eigenvalue weighted by Gasteiger charge is -2.06. The van der Waals surface area contributed by atoms with E-state index in [0.717, 1.165) is 11.8 Å². The highest BCUT2D eigenvalue weighted by Crippen LogP contribution is 2.21. The first-order valence-electron chi connectivity index (χ1n) is 4.07. The van der Waals surface area contributed by atoms with E-state index >= 15 is 0 Å². The second-order valence-electron chi connectivity index (χ2n) is 3.05. The largest absolute Gasteiger partial charge is 0.489 e. The van der Waals surface area contributed by atoms with Crippen molar-refractivity contribution in [3.05, 3.63) is 23.6 Å². The van der Waals surface area contributed by atoms with Crippen molar-refractivity contribution < 1.29 is 24.0 Å². The molecule has 0 radical (unpaired) electrons. The number of carbonyl (C=O) groups is 2. The van der Waals surface area contributed by atoms with Crippen LogP contribution in [-0.4, -0.2) is 40.8 Å². The van der Waals surface area contributed by atoms with Crippen LogP contribution >= 0.6 is 0 Å². The van der Waals surface area contributed by atoms with E-state index in [1.807, 2.05) is 0 Å². The average molecular weight is 194 g/mol. The molecule has 0 spiro atoms. The predicted molar refractivity (Wildman–Crippen MR) is 46.0 cm³/mol. The fourth-order valence-corrected chi connectivity index (χ4v) is 1.47. The van der Waals surface area contributed by atoms with Crippen LogP contribution in [0, 0.1) is 0 Å². The smallest absolute Gasteiger partial charge is 0.393 e. The zero-order valence-electron chi connectivity index (χ0n) is 7.27. The number of carboxylic acids is 1. The molecule has 14 heavy (non-hydrogen) atoms. The van der Waals surface area contributed by atoms with Crippen LogP contribution in [0.5, 0.6) is 0 Å². The molecule has 0 aromatic rings. The van der Waals surface area contributed by atoms with Gasteiger partial charge in [0.2, 0.25) is 18.0 Å². The number of ether oxygens (including phenoxy) is 1. The normalized spacial score (nSPS) is 22.6. The number of fused-ring (bicyclic) bond motifs is 1. The van der Waals surface area contributed by atoms with Crippen molar-refractivity contribution in [2.75, 3.05) is 13.2 Å². The number of rotatable bonds is 1.